The van der Waals surface area contributed by atoms with Crippen LogP contribution >= 0.6 is 11.3 Å². The van der Waals surface area contributed by atoms with Gasteiger partial charge in [0.15, 0.2) is 0 Å². The zero-order valence-corrected chi connectivity index (χ0v) is 11.5. The standard InChI is InChI=1S/C14H18N2OS/c1-10(7-8-15)14-16-13(9-18-14)11-3-5-12(17-2)6-4-11/h3-6,9-10H,7-8,15H2,1-2H3. The van der Waals surface area contributed by atoms with E-state index in [9.17, 15) is 0 Å². The molecule has 1 aromatic carbocycles. The molecule has 1 unspecified atom stereocenters. The SMILES string of the molecule is COc1ccc(-c2csc(C(C)CCN)n2)cc1. The summed E-state index contributed by atoms with van der Waals surface area (Å²) >= 11 is 1.70. The van der Waals surface area contributed by atoms with E-state index in [-0.39, 0.29) is 0 Å². The zero-order chi connectivity index (χ0) is 13.0. The van der Waals surface area contributed by atoms with Gasteiger partial charge in [-0.1, -0.05) is 6.92 Å². The summed E-state index contributed by atoms with van der Waals surface area (Å²) in [6.07, 6.45) is 0.982. The Morgan fingerprint density at radius 2 is 2.06 bits per heavy atom. The molecule has 3 nitrogen and oxygen atoms in total. The minimum absolute atomic E-state index is 0.437. The van der Waals surface area contributed by atoms with Crippen LogP contribution in [0.4, 0.5) is 0 Å². The summed E-state index contributed by atoms with van der Waals surface area (Å²) in [5, 5.41) is 3.26. The first kappa shape index (κ1) is 13.1. The number of hydrogen-bond acceptors (Lipinski definition) is 4. The molecule has 18 heavy (non-hydrogen) atoms. The second-order valence-corrected chi connectivity index (χ2v) is 5.17. The zero-order valence-electron chi connectivity index (χ0n) is 10.7. The monoisotopic (exact) mass is 262 g/mol. The summed E-state index contributed by atoms with van der Waals surface area (Å²) in [5.74, 6) is 1.30. The van der Waals surface area contributed by atoms with Gasteiger partial charge in [-0.2, -0.15) is 0 Å². The van der Waals surface area contributed by atoms with Crippen molar-refractivity contribution in [3.8, 4) is 17.0 Å². The average Bonchev–Trinajstić information content (AvgIpc) is 2.89. The maximum Gasteiger partial charge on any atom is 0.118 e. The number of hydrogen-bond donors (Lipinski definition) is 1. The number of rotatable bonds is 5. The topological polar surface area (TPSA) is 48.1 Å². The van der Waals surface area contributed by atoms with Gasteiger partial charge in [0, 0.05) is 16.9 Å². The highest BCUT2D eigenvalue weighted by atomic mass is 32.1. The molecule has 1 atom stereocenters. The minimum atomic E-state index is 0.437. The average molecular weight is 262 g/mol. The molecule has 0 amide bonds. The lowest BCUT2D eigenvalue weighted by atomic mass is 10.1. The van der Waals surface area contributed by atoms with Gasteiger partial charge in [0.2, 0.25) is 0 Å². The highest BCUT2D eigenvalue weighted by molar-refractivity contribution is 7.10. The van der Waals surface area contributed by atoms with Crippen LogP contribution in [0.5, 0.6) is 5.75 Å². The van der Waals surface area contributed by atoms with Crippen molar-refractivity contribution < 1.29 is 4.74 Å². The van der Waals surface area contributed by atoms with Gasteiger partial charge in [-0.15, -0.1) is 11.3 Å². The normalized spacial score (nSPS) is 12.4. The van der Waals surface area contributed by atoms with Crippen LogP contribution in [0.25, 0.3) is 11.3 Å². The molecule has 4 heteroatoms. The molecular weight excluding hydrogens is 244 g/mol. The van der Waals surface area contributed by atoms with Crippen molar-refractivity contribution in [3.63, 3.8) is 0 Å². The number of thiazole rings is 1. The van der Waals surface area contributed by atoms with Gasteiger partial charge in [-0.05, 0) is 37.2 Å². The second-order valence-electron chi connectivity index (χ2n) is 4.28. The number of aromatic nitrogens is 1. The summed E-state index contributed by atoms with van der Waals surface area (Å²) in [7, 11) is 1.67. The molecule has 0 aliphatic carbocycles. The summed E-state index contributed by atoms with van der Waals surface area (Å²) in [6.45, 7) is 2.88. The fourth-order valence-corrected chi connectivity index (χ4v) is 2.70. The molecule has 0 spiro atoms. The Morgan fingerprint density at radius 1 is 1.33 bits per heavy atom. The fourth-order valence-electron chi connectivity index (χ4n) is 1.78. The van der Waals surface area contributed by atoms with E-state index in [2.05, 4.69) is 17.3 Å². The third kappa shape index (κ3) is 2.89. The maximum atomic E-state index is 5.58. The predicted octanol–water partition coefficient (Wildman–Crippen LogP) is 3.27. The Hall–Kier alpha value is -1.39. The molecule has 0 saturated heterocycles. The molecule has 0 radical (unpaired) electrons. The van der Waals surface area contributed by atoms with E-state index in [1.807, 2.05) is 24.3 Å². The van der Waals surface area contributed by atoms with Gasteiger partial charge in [0.1, 0.15) is 5.75 Å². The fraction of sp³-hybridized carbons (Fsp3) is 0.357. The molecule has 1 aromatic heterocycles. The number of benzene rings is 1. The van der Waals surface area contributed by atoms with Crippen LogP contribution in [0.3, 0.4) is 0 Å². The first-order valence-electron chi connectivity index (χ1n) is 6.04. The van der Waals surface area contributed by atoms with E-state index < -0.39 is 0 Å². The Kier molecular flexibility index (Phi) is 4.33. The minimum Gasteiger partial charge on any atom is -0.497 e. The first-order valence-corrected chi connectivity index (χ1v) is 6.92. The van der Waals surface area contributed by atoms with Crippen LogP contribution in [-0.4, -0.2) is 18.6 Å². The number of ether oxygens (including phenoxy) is 1. The van der Waals surface area contributed by atoms with E-state index in [0.29, 0.717) is 12.5 Å². The number of nitrogens with zero attached hydrogens (tertiary/aromatic N) is 1. The molecule has 0 fully saturated rings. The summed E-state index contributed by atoms with van der Waals surface area (Å²) < 4.78 is 5.15. The third-order valence-electron chi connectivity index (χ3n) is 2.93. The van der Waals surface area contributed by atoms with Crippen LogP contribution in [0, 0.1) is 0 Å². The summed E-state index contributed by atoms with van der Waals surface area (Å²) in [6, 6.07) is 7.98. The lowest BCUT2D eigenvalue weighted by Crippen LogP contribution is -2.04. The van der Waals surface area contributed by atoms with Gasteiger partial charge in [0.05, 0.1) is 17.8 Å². The van der Waals surface area contributed by atoms with Gasteiger partial charge in [-0.25, -0.2) is 4.98 Å². The molecule has 2 rings (SSSR count). The van der Waals surface area contributed by atoms with Crippen molar-refractivity contribution >= 4 is 11.3 Å². The maximum absolute atomic E-state index is 5.58. The van der Waals surface area contributed by atoms with Crippen molar-refractivity contribution in [3.05, 3.63) is 34.7 Å². The smallest absolute Gasteiger partial charge is 0.118 e. The summed E-state index contributed by atoms with van der Waals surface area (Å²) in [4.78, 5) is 4.68. The lowest BCUT2D eigenvalue weighted by molar-refractivity contribution is 0.415. The van der Waals surface area contributed by atoms with Crippen LogP contribution in [0.15, 0.2) is 29.6 Å². The van der Waals surface area contributed by atoms with Crippen molar-refractivity contribution in [2.45, 2.75) is 19.3 Å². The number of nitrogens with two attached hydrogens (primary N) is 1. The first-order chi connectivity index (χ1) is 8.74. The Bertz CT molecular complexity index is 493. The molecule has 1 heterocycles. The third-order valence-corrected chi connectivity index (χ3v) is 4.01. The van der Waals surface area contributed by atoms with Crippen molar-refractivity contribution in [2.24, 2.45) is 5.73 Å². The highest BCUT2D eigenvalue weighted by Gasteiger charge is 2.10. The van der Waals surface area contributed by atoms with E-state index in [4.69, 9.17) is 10.5 Å². The van der Waals surface area contributed by atoms with E-state index in [1.54, 1.807) is 18.4 Å². The van der Waals surface area contributed by atoms with Crippen LogP contribution in [0.2, 0.25) is 0 Å². The quantitative estimate of drug-likeness (QED) is 0.899. The van der Waals surface area contributed by atoms with E-state index in [1.165, 1.54) is 0 Å². The van der Waals surface area contributed by atoms with Gasteiger partial charge in [-0.3, -0.25) is 0 Å². The summed E-state index contributed by atoms with van der Waals surface area (Å²) in [5.41, 5.74) is 7.73. The Labute approximate surface area is 112 Å². The molecule has 2 aromatic rings. The Morgan fingerprint density at radius 3 is 2.67 bits per heavy atom. The number of methoxy groups -OCH3 is 1. The van der Waals surface area contributed by atoms with Crippen LogP contribution in [-0.2, 0) is 0 Å². The van der Waals surface area contributed by atoms with E-state index >= 15 is 0 Å². The molecular formula is C14H18N2OS. The van der Waals surface area contributed by atoms with Crippen molar-refractivity contribution in [1.29, 1.82) is 0 Å². The molecule has 96 valence electrons. The van der Waals surface area contributed by atoms with Gasteiger partial charge >= 0.3 is 0 Å². The van der Waals surface area contributed by atoms with Crippen molar-refractivity contribution in [1.82, 2.24) is 4.98 Å². The molecule has 0 bridgehead atoms. The molecule has 0 saturated carbocycles. The molecule has 0 aliphatic heterocycles. The molecule has 0 aliphatic rings. The van der Waals surface area contributed by atoms with Crippen LogP contribution in [0.1, 0.15) is 24.3 Å². The van der Waals surface area contributed by atoms with E-state index in [0.717, 1.165) is 28.4 Å². The van der Waals surface area contributed by atoms with Gasteiger partial charge in [0.25, 0.3) is 0 Å². The highest BCUT2D eigenvalue weighted by Crippen LogP contribution is 2.28. The second kappa shape index (κ2) is 5.98. The predicted molar refractivity (Wildman–Crippen MR) is 76.2 cm³/mol. The van der Waals surface area contributed by atoms with Crippen LogP contribution < -0.4 is 10.5 Å². The van der Waals surface area contributed by atoms with Gasteiger partial charge < -0.3 is 10.5 Å². The Balaban J connectivity index is 2.18. The lowest BCUT2D eigenvalue weighted by Gasteiger charge is -2.05. The molecule has 2 N–H and O–H groups in total. The van der Waals surface area contributed by atoms with Crippen molar-refractivity contribution in [2.75, 3.05) is 13.7 Å². The largest absolute Gasteiger partial charge is 0.497 e.